The number of anilines is 1. The molecule has 2 aromatic heterocycles. The normalized spacial score (nSPS) is 14.6. The second-order valence-electron chi connectivity index (χ2n) is 11.6. The summed E-state index contributed by atoms with van der Waals surface area (Å²) in [4.78, 5) is 26.1. The van der Waals surface area contributed by atoms with Gasteiger partial charge in [0.15, 0.2) is 5.78 Å². The Bertz CT molecular complexity index is 1740. The molecule has 44 heavy (non-hydrogen) atoms. The van der Waals surface area contributed by atoms with Crippen molar-refractivity contribution < 1.29 is 18.0 Å². The Kier molecular flexibility index (Phi) is 9.09. The highest BCUT2D eigenvalue weighted by molar-refractivity contribution is 5.98. The number of rotatable bonds is 7. The molecule has 1 fully saturated rings. The fourth-order valence-corrected chi connectivity index (χ4v) is 5.59. The molecule has 5 rings (SSSR count). The molecule has 2 aromatic carbocycles. The number of nitrogens with zero attached hydrogens (tertiary/aromatic N) is 5. The third-order valence-electron chi connectivity index (χ3n) is 8.24. The van der Waals surface area contributed by atoms with Crippen LogP contribution in [0.3, 0.4) is 0 Å². The molecule has 3 heterocycles. The largest absolute Gasteiger partial charge is 0.416 e. The fourth-order valence-electron chi connectivity index (χ4n) is 5.59. The Morgan fingerprint density at radius 2 is 1.70 bits per heavy atom. The molecule has 0 unspecified atom stereocenters. The number of benzene rings is 2. The third-order valence-corrected chi connectivity index (χ3v) is 8.24. The molecule has 0 bridgehead atoms. The number of likely N-dealkylation sites (N-methyl/N-ethyl adjacent to an activating group) is 1. The Morgan fingerprint density at radius 1 is 1.00 bits per heavy atom. The molecule has 0 amide bonds. The molecule has 1 saturated heterocycles. The minimum absolute atomic E-state index is 0.133. The van der Waals surface area contributed by atoms with Gasteiger partial charge in [0.1, 0.15) is 17.8 Å². The Hall–Kier alpha value is -4.20. The van der Waals surface area contributed by atoms with E-state index in [-0.39, 0.29) is 30.4 Å². The molecular formula is C34H37F3N6O. The summed E-state index contributed by atoms with van der Waals surface area (Å²) in [6.07, 6.45) is -1.35. The highest BCUT2D eigenvalue weighted by Gasteiger charge is 2.34. The van der Waals surface area contributed by atoms with Crippen LogP contribution in [0.15, 0.2) is 48.9 Å². The molecule has 0 radical (unpaired) electrons. The molecule has 10 heteroatoms. The van der Waals surface area contributed by atoms with Crippen LogP contribution in [-0.2, 0) is 19.1 Å². The third kappa shape index (κ3) is 6.79. The van der Waals surface area contributed by atoms with Gasteiger partial charge in [-0.25, -0.2) is 9.97 Å². The second-order valence-corrected chi connectivity index (χ2v) is 11.6. The van der Waals surface area contributed by atoms with E-state index in [1.165, 1.54) is 12.4 Å². The average molecular weight is 603 g/mol. The smallest absolute Gasteiger partial charge is 0.383 e. The second kappa shape index (κ2) is 12.8. The van der Waals surface area contributed by atoms with Gasteiger partial charge in [0.2, 0.25) is 0 Å². The van der Waals surface area contributed by atoms with Gasteiger partial charge in [-0.3, -0.25) is 9.69 Å². The van der Waals surface area contributed by atoms with Crippen LogP contribution in [-0.4, -0.2) is 62.8 Å². The molecule has 0 aliphatic carbocycles. The van der Waals surface area contributed by atoms with E-state index in [0.29, 0.717) is 39.1 Å². The van der Waals surface area contributed by atoms with Crippen LogP contribution in [0.4, 0.5) is 19.0 Å². The topological polar surface area (TPSA) is 80.3 Å². The first-order valence-corrected chi connectivity index (χ1v) is 14.8. The highest BCUT2D eigenvalue weighted by atomic mass is 19.4. The molecule has 4 aromatic rings. The van der Waals surface area contributed by atoms with E-state index >= 15 is 0 Å². The molecule has 0 atom stereocenters. The van der Waals surface area contributed by atoms with Crippen LogP contribution in [0.2, 0.25) is 0 Å². The number of hydrogen-bond donors (Lipinski definition) is 1. The maximum absolute atomic E-state index is 14.1. The number of piperazine rings is 1. The number of halogens is 3. The molecule has 0 saturated carbocycles. The average Bonchev–Trinajstić information content (AvgIpc) is 3.37. The first kappa shape index (κ1) is 31.2. The summed E-state index contributed by atoms with van der Waals surface area (Å²) in [7, 11) is 0. The number of carbonyl (C=O) groups excluding carboxylic acids is 1. The van der Waals surface area contributed by atoms with E-state index in [4.69, 9.17) is 5.73 Å². The molecule has 0 spiro atoms. The fraction of sp³-hybridized carbons (Fsp3) is 0.382. The zero-order valence-electron chi connectivity index (χ0n) is 25.5. The Balaban J connectivity index is 1.37. The summed E-state index contributed by atoms with van der Waals surface area (Å²) >= 11 is 0. The van der Waals surface area contributed by atoms with Gasteiger partial charge < -0.3 is 15.2 Å². The van der Waals surface area contributed by atoms with Crippen LogP contribution in [0.25, 0.3) is 11.0 Å². The number of aromatic nitrogens is 3. The number of Topliss-reactive ketones (excluding diaryl/α,β-unsaturated/α-hetero) is 1. The van der Waals surface area contributed by atoms with Crippen molar-refractivity contribution in [2.45, 2.75) is 52.9 Å². The van der Waals surface area contributed by atoms with Crippen molar-refractivity contribution in [1.29, 1.82) is 0 Å². The van der Waals surface area contributed by atoms with Crippen molar-refractivity contribution in [1.82, 2.24) is 24.3 Å². The van der Waals surface area contributed by atoms with Crippen LogP contribution >= 0.6 is 0 Å². The van der Waals surface area contributed by atoms with Crippen molar-refractivity contribution in [3.63, 3.8) is 0 Å². The number of fused-ring (bicyclic) bond motifs is 1. The highest BCUT2D eigenvalue weighted by Crippen LogP contribution is 2.34. The first-order chi connectivity index (χ1) is 20.9. The summed E-state index contributed by atoms with van der Waals surface area (Å²) in [6, 6.07) is 9.60. The summed E-state index contributed by atoms with van der Waals surface area (Å²) in [5.41, 5.74) is 9.31. The molecular weight excluding hydrogens is 565 g/mol. The van der Waals surface area contributed by atoms with Crippen LogP contribution in [0.5, 0.6) is 0 Å². The number of carbonyl (C=O) groups is 1. The van der Waals surface area contributed by atoms with Gasteiger partial charge in [-0.15, -0.1) is 0 Å². The summed E-state index contributed by atoms with van der Waals surface area (Å²) < 4.78 is 44.3. The number of aryl methyl sites for hydroxylation is 1. The quantitative estimate of drug-likeness (QED) is 0.210. The predicted molar refractivity (Wildman–Crippen MR) is 166 cm³/mol. The van der Waals surface area contributed by atoms with Crippen molar-refractivity contribution in [2.75, 3.05) is 38.5 Å². The van der Waals surface area contributed by atoms with Gasteiger partial charge in [0.25, 0.3) is 0 Å². The number of ketones is 1. The van der Waals surface area contributed by atoms with Crippen LogP contribution in [0.1, 0.15) is 70.6 Å². The van der Waals surface area contributed by atoms with Gasteiger partial charge in [-0.05, 0) is 56.1 Å². The van der Waals surface area contributed by atoms with Crippen molar-refractivity contribution in [2.24, 2.45) is 0 Å². The molecule has 2 N–H and O–H groups in total. The monoisotopic (exact) mass is 602 g/mol. The van der Waals surface area contributed by atoms with Gasteiger partial charge in [0.05, 0.1) is 16.5 Å². The lowest BCUT2D eigenvalue weighted by Gasteiger charge is -2.34. The molecule has 7 nitrogen and oxygen atoms in total. The number of nitrogens with two attached hydrogens (primary N) is 1. The predicted octanol–water partition coefficient (Wildman–Crippen LogP) is 5.88. The van der Waals surface area contributed by atoms with E-state index < -0.39 is 11.7 Å². The summed E-state index contributed by atoms with van der Waals surface area (Å²) in [5.74, 6) is 6.39. The first-order valence-electron chi connectivity index (χ1n) is 14.8. The maximum Gasteiger partial charge on any atom is 0.416 e. The standard InChI is InChI=1S/C34H37F3N6O/c1-5-41-12-14-42(15-13-41)19-27-9-7-24(16-29(27)34(35,36)37)17-30(44)26-8-6-23(4)25(18-26)10-11-28-20-43(22(2)3)33-31(28)32(38)39-21-40-33/h6-9,16,18,20-22H,5,12-15,17,19H2,1-4H3,(H2,38,39,40). The van der Waals surface area contributed by atoms with E-state index in [2.05, 4.69) is 38.5 Å². The summed E-state index contributed by atoms with van der Waals surface area (Å²) in [6.45, 7) is 12.4. The van der Waals surface area contributed by atoms with Crippen molar-refractivity contribution in [3.05, 3.63) is 87.9 Å². The van der Waals surface area contributed by atoms with E-state index in [9.17, 15) is 18.0 Å². The van der Waals surface area contributed by atoms with Crippen LogP contribution < -0.4 is 5.73 Å². The zero-order chi connectivity index (χ0) is 31.6. The van der Waals surface area contributed by atoms with E-state index in [1.807, 2.05) is 31.5 Å². The van der Waals surface area contributed by atoms with Gasteiger partial charge >= 0.3 is 6.18 Å². The molecule has 1 aliphatic rings. The molecule has 1 aliphatic heterocycles. The molecule has 230 valence electrons. The minimum Gasteiger partial charge on any atom is -0.383 e. The summed E-state index contributed by atoms with van der Waals surface area (Å²) in [5, 5.41) is 0.672. The zero-order valence-corrected chi connectivity index (χ0v) is 25.5. The number of alkyl halides is 3. The van der Waals surface area contributed by atoms with E-state index in [0.717, 1.165) is 44.4 Å². The minimum atomic E-state index is -4.51. The SMILES string of the molecule is CCN1CCN(Cc2ccc(CC(=O)c3ccc(C)c(C#Cc4cn(C(C)C)c5ncnc(N)c45)c3)cc2C(F)(F)F)CC1. The van der Waals surface area contributed by atoms with Crippen molar-refractivity contribution >= 4 is 22.6 Å². The number of hydrogen-bond acceptors (Lipinski definition) is 6. The Labute approximate surface area is 255 Å². The van der Waals surface area contributed by atoms with Gasteiger partial charge in [0, 0.05) is 62.5 Å². The maximum atomic E-state index is 14.1. The lowest BCUT2D eigenvalue weighted by Crippen LogP contribution is -2.45. The van der Waals surface area contributed by atoms with E-state index in [1.54, 1.807) is 24.3 Å². The van der Waals surface area contributed by atoms with Crippen molar-refractivity contribution in [3.8, 4) is 11.8 Å². The van der Waals surface area contributed by atoms with Crippen LogP contribution in [0, 0.1) is 18.8 Å². The van der Waals surface area contributed by atoms with Gasteiger partial charge in [-0.1, -0.05) is 43.0 Å². The Morgan fingerprint density at radius 3 is 2.39 bits per heavy atom. The number of nitrogen functional groups attached to an aromatic ring is 1. The van der Waals surface area contributed by atoms with Gasteiger partial charge in [-0.2, -0.15) is 13.2 Å². The lowest BCUT2D eigenvalue weighted by atomic mass is 9.96. The lowest BCUT2D eigenvalue weighted by molar-refractivity contribution is -0.138.